The van der Waals surface area contributed by atoms with Crippen LogP contribution in [0.15, 0.2) is 23.2 Å². The number of aromatic nitrogens is 1. The fraction of sp³-hybridized carbons (Fsp3) is 0.400. The number of amides is 1. The summed E-state index contributed by atoms with van der Waals surface area (Å²) < 4.78 is 48.1. The van der Waals surface area contributed by atoms with Crippen LogP contribution >= 0.6 is 11.6 Å². The molecule has 1 saturated heterocycles. The van der Waals surface area contributed by atoms with E-state index >= 15 is 0 Å². The Morgan fingerprint density at radius 2 is 2.16 bits per heavy atom. The first-order chi connectivity index (χ1) is 14.6. The summed E-state index contributed by atoms with van der Waals surface area (Å²) in [4.78, 5) is 16.9. The number of likely N-dealkylation sites (tertiary alicyclic amines) is 1. The van der Waals surface area contributed by atoms with Crippen LogP contribution in [0.4, 0.5) is 4.39 Å². The summed E-state index contributed by atoms with van der Waals surface area (Å²) in [6.45, 7) is 2.37. The quantitative estimate of drug-likeness (QED) is 0.720. The molecule has 1 aromatic carbocycles. The van der Waals surface area contributed by atoms with Crippen LogP contribution in [0.3, 0.4) is 0 Å². The van der Waals surface area contributed by atoms with Crippen molar-refractivity contribution in [2.45, 2.75) is 29.8 Å². The molecule has 2 aliphatic heterocycles. The molecule has 162 valence electrons. The summed E-state index contributed by atoms with van der Waals surface area (Å²) >= 11 is 5.89. The third-order valence-corrected chi connectivity index (χ3v) is 7.95. The Hall–Kier alpha value is -2.61. The van der Waals surface area contributed by atoms with Crippen molar-refractivity contribution >= 4 is 27.5 Å². The number of nitrogens with one attached hydrogen (secondary N) is 2. The number of nitrogens with zero attached hydrogens (tertiary/aromatic N) is 2. The fourth-order valence-electron chi connectivity index (χ4n) is 4.28. The Balaban J connectivity index is 1.36. The molecular weight excluding hydrogens is 447 g/mol. The molecule has 2 unspecified atom stereocenters. The number of H-pyrrole nitrogens is 1. The summed E-state index contributed by atoms with van der Waals surface area (Å²) in [6.07, 6.45) is 0.496. The Labute approximate surface area is 183 Å². The van der Waals surface area contributed by atoms with Gasteiger partial charge in [-0.25, -0.2) is 12.8 Å². The lowest BCUT2D eigenvalue weighted by Gasteiger charge is -2.35. The molecule has 11 heteroatoms. The van der Waals surface area contributed by atoms with Gasteiger partial charge in [0.15, 0.2) is 0 Å². The zero-order valence-electron chi connectivity index (χ0n) is 16.4. The predicted molar refractivity (Wildman–Crippen MR) is 108 cm³/mol. The number of carbonyl (C=O) groups excluding carboxylic acids is 1. The summed E-state index contributed by atoms with van der Waals surface area (Å²) in [5, 5.41) is 8.72. The van der Waals surface area contributed by atoms with Crippen molar-refractivity contribution in [1.82, 2.24) is 14.6 Å². The first-order valence-corrected chi connectivity index (χ1v) is 11.5. The van der Waals surface area contributed by atoms with Crippen molar-refractivity contribution in [3.63, 3.8) is 0 Å². The number of aromatic amines is 1. The molecule has 0 spiro atoms. The van der Waals surface area contributed by atoms with E-state index in [1.54, 1.807) is 6.92 Å². The number of carbonyl (C=O) groups is 1. The van der Waals surface area contributed by atoms with Crippen LogP contribution in [0.25, 0.3) is 0 Å². The minimum Gasteiger partial charge on any atom is -0.491 e. The molecule has 1 aromatic heterocycles. The van der Waals surface area contributed by atoms with Gasteiger partial charge in [-0.15, -0.1) is 0 Å². The lowest BCUT2D eigenvalue weighted by molar-refractivity contribution is 0.0576. The van der Waals surface area contributed by atoms with Gasteiger partial charge in [0.2, 0.25) is 0 Å². The van der Waals surface area contributed by atoms with Crippen LogP contribution < -0.4 is 9.46 Å². The number of halogens is 2. The van der Waals surface area contributed by atoms with Gasteiger partial charge in [0, 0.05) is 36.3 Å². The van der Waals surface area contributed by atoms with E-state index in [-0.39, 0.29) is 40.0 Å². The SMILES string of the molecule is Cc1[nH]c(S(=O)(=O)NC23COc4cc(F)c(Cl)cc4C2C3)cc1C(=O)N1CC(C#N)C1. The van der Waals surface area contributed by atoms with Crippen LogP contribution in [0.5, 0.6) is 5.75 Å². The molecule has 2 aromatic rings. The minimum atomic E-state index is -3.98. The second kappa shape index (κ2) is 6.69. The zero-order valence-corrected chi connectivity index (χ0v) is 18.0. The first-order valence-electron chi connectivity index (χ1n) is 9.68. The van der Waals surface area contributed by atoms with Gasteiger partial charge < -0.3 is 14.6 Å². The molecule has 0 bridgehead atoms. The largest absolute Gasteiger partial charge is 0.491 e. The maximum atomic E-state index is 13.7. The van der Waals surface area contributed by atoms with Crippen LogP contribution in [-0.4, -0.2) is 49.4 Å². The van der Waals surface area contributed by atoms with Crippen molar-refractivity contribution in [3.8, 4) is 11.8 Å². The van der Waals surface area contributed by atoms with E-state index < -0.39 is 21.4 Å². The molecule has 3 aliphatic rings. The zero-order chi connectivity index (χ0) is 22.1. The second-order valence-electron chi connectivity index (χ2n) is 8.32. The predicted octanol–water partition coefficient (Wildman–Crippen LogP) is 2.31. The maximum absolute atomic E-state index is 13.7. The number of ether oxygens (including phenoxy) is 1. The van der Waals surface area contributed by atoms with Crippen LogP contribution in [0.1, 0.15) is 34.0 Å². The van der Waals surface area contributed by atoms with E-state index in [0.717, 1.165) is 0 Å². The first kappa shape index (κ1) is 20.3. The van der Waals surface area contributed by atoms with Crippen molar-refractivity contribution in [1.29, 1.82) is 5.26 Å². The lowest BCUT2D eigenvalue weighted by atomic mass is 10.0. The molecule has 2 atom stereocenters. The van der Waals surface area contributed by atoms with Crippen molar-refractivity contribution < 1.29 is 22.3 Å². The summed E-state index contributed by atoms with van der Waals surface area (Å²) in [5.41, 5.74) is 0.522. The number of aryl methyl sites for hydroxylation is 1. The molecule has 1 aliphatic carbocycles. The van der Waals surface area contributed by atoms with Gasteiger partial charge >= 0.3 is 0 Å². The van der Waals surface area contributed by atoms with Gasteiger partial charge in [0.1, 0.15) is 23.2 Å². The van der Waals surface area contributed by atoms with Crippen LogP contribution in [0, 0.1) is 30.0 Å². The molecule has 31 heavy (non-hydrogen) atoms. The van der Waals surface area contributed by atoms with Crippen molar-refractivity contribution in [2.75, 3.05) is 19.7 Å². The number of hydrogen-bond donors (Lipinski definition) is 2. The van der Waals surface area contributed by atoms with Gasteiger partial charge in [-0.05, 0) is 25.5 Å². The molecule has 0 radical (unpaired) electrons. The standard InChI is InChI=1S/C20H18ClFN4O4S/c1-10-12(19(27)26-7-11(6-23)8-26)3-18(24-10)31(28,29)25-20-5-14(20)13-2-15(21)16(22)4-17(13)30-9-20/h2-4,11,14,24-25H,5,7-9H2,1H3. The number of benzene rings is 1. The lowest BCUT2D eigenvalue weighted by Crippen LogP contribution is -2.49. The monoisotopic (exact) mass is 464 g/mol. The third kappa shape index (κ3) is 3.19. The Morgan fingerprint density at radius 1 is 1.42 bits per heavy atom. The maximum Gasteiger partial charge on any atom is 0.256 e. The number of rotatable bonds is 4. The molecule has 2 N–H and O–H groups in total. The fourth-order valence-corrected chi connectivity index (χ4v) is 5.94. The summed E-state index contributed by atoms with van der Waals surface area (Å²) in [5.74, 6) is -0.888. The van der Waals surface area contributed by atoms with E-state index in [1.165, 1.54) is 23.1 Å². The van der Waals surface area contributed by atoms with Gasteiger partial charge in [-0.3, -0.25) is 4.79 Å². The normalized spacial score (nSPS) is 24.5. The Bertz CT molecular complexity index is 1260. The molecular formula is C20H18ClFN4O4S. The molecule has 8 nitrogen and oxygen atoms in total. The highest BCUT2D eigenvalue weighted by atomic mass is 35.5. The van der Waals surface area contributed by atoms with Crippen LogP contribution in [0.2, 0.25) is 5.02 Å². The number of sulfonamides is 1. The van der Waals surface area contributed by atoms with E-state index in [1.807, 2.05) is 0 Å². The molecule has 5 rings (SSSR count). The molecule has 1 saturated carbocycles. The van der Waals surface area contributed by atoms with Gasteiger partial charge in [0.05, 0.1) is 28.1 Å². The van der Waals surface area contributed by atoms with Crippen molar-refractivity contribution in [2.24, 2.45) is 5.92 Å². The van der Waals surface area contributed by atoms with Gasteiger partial charge in [0.25, 0.3) is 15.9 Å². The van der Waals surface area contributed by atoms with Crippen LogP contribution in [-0.2, 0) is 10.0 Å². The van der Waals surface area contributed by atoms with E-state index in [2.05, 4.69) is 15.8 Å². The molecule has 1 amide bonds. The molecule has 3 heterocycles. The number of fused-ring (bicyclic) bond motifs is 3. The smallest absolute Gasteiger partial charge is 0.256 e. The topological polar surface area (TPSA) is 115 Å². The van der Waals surface area contributed by atoms with Gasteiger partial charge in [-0.2, -0.15) is 9.98 Å². The summed E-state index contributed by atoms with van der Waals surface area (Å²) in [7, 11) is -3.98. The van der Waals surface area contributed by atoms with Crippen molar-refractivity contribution in [3.05, 3.63) is 45.9 Å². The highest BCUT2D eigenvalue weighted by molar-refractivity contribution is 7.89. The highest BCUT2D eigenvalue weighted by Gasteiger charge is 2.61. The number of hydrogen-bond acceptors (Lipinski definition) is 5. The van der Waals surface area contributed by atoms with E-state index in [9.17, 15) is 17.6 Å². The van der Waals surface area contributed by atoms with E-state index in [0.29, 0.717) is 36.5 Å². The second-order valence-corrected chi connectivity index (χ2v) is 10.4. The Kier molecular flexibility index (Phi) is 4.38. The third-order valence-electron chi connectivity index (χ3n) is 6.19. The average molecular weight is 465 g/mol. The van der Waals surface area contributed by atoms with E-state index in [4.69, 9.17) is 21.6 Å². The summed E-state index contributed by atoms with van der Waals surface area (Å²) in [6, 6.07) is 6.11. The minimum absolute atomic E-state index is 0.0410. The highest BCUT2D eigenvalue weighted by Crippen LogP contribution is 2.58. The Morgan fingerprint density at radius 3 is 2.87 bits per heavy atom. The molecule has 2 fully saturated rings. The average Bonchev–Trinajstić information content (AvgIpc) is 3.24. The number of nitriles is 1. The van der Waals surface area contributed by atoms with Gasteiger partial charge in [-0.1, -0.05) is 11.6 Å².